The topological polar surface area (TPSA) is 55.6 Å². The van der Waals surface area contributed by atoms with Crippen LogP contribution in [0.2, 0.25) is 0 Å². The summed E-state index contributed by atoms with van der Waals surface area (Å²) in [5, 5.41) is 0. The molecule has 0 aliphatic rings. The minimum absolute atomic E-state index is 0.0536. The molecule has 0 saturated heterocycles. The van der Waals surface area contributed by atoms with E-state index in [2.05, 4.69) is 20.8 Å². The van der Waals surface area contributed by atoms with Gasteiger partial charge in [0.25, 0.3) is 5.91 Å². The van der Waals surface area contributed by atoms with Crippen LogP contribution >= 0.6 is 0 Å². The number of rotatable bonds is 3. The highest BCUT2D eigenvalue weighted by Gasteiger charge is 2.20. The molecule has 1 aromatic rings. The van der Waals surface area contributed by atoms with E-state index < -0.39 is 0 Å². The van der Waals surface area contributed by atoms with Gasteiger partial charge in [0.1, 0.15) is 5.75 Å². The van der Waals surface area contributed by atoms with Crippen molar-refractivity contribution in [1.82, 2.24) is 4.90 Å². The van der Waals surface area contributed by atoms with Gasteiger partial charge in [-0.1, -0.05) is 20.8 Å². The molecule has 0 aromatic heterocycles. The average molecular weight is 250 g/mol. The summed E-state index contributed by atoms with van der Waals surface area (Å²) in [5.41, 5.74) is 6.86. The fraction of sp³-hybridized carbons (Fsp3) is 0.500. The minimum atomic E-state index is -0.0821. The third-order valence-corrected chi connectivity index (χ3v) is 2.55. The highest BCUT2D eigenvalue weighted by Crippen LogP contribution is 2.22. The Morgan fingerprint density at radius 2 is 2.00 bits per heavy atom. The first-order valence-electron chi connectivity index (χ1n) is 5.93. The smallest absolute Gasteiger partial charge is 0.255 e. The van der Waals surface area contributed by atoms with E-state index in [9.17, 15) is 4.79 Å². The van der Waals surface area contributed by atoms with Crippen molar-refractivity contribution in [3.05, 3.63) is 23.8 Å². The van der Waals surface area contributed by atoms with E-state index in [1.807, 2.05) is 0 Å². The lowest BCUT2D eigenvalue weighted by Gasteiger charge is -2.27. The zero-order valence-corrected chi connectivity index (χ0v) is 11.8. The van der Waals surface area contributed by atoms with E-state index >= 15 is 0 Å². The van der Waals surface area contributed by atoms with E-state index in [0.717, 1.165) is 0 Å². The molecular weight excluding hydrogens is 228 g/mol. The first kappa shape index (κ1) is 14.4. The summed E-state index contributed by atoms with van der Waals surface area (Å²) in [7, 11) is 3.35. The van der Waals surface area contributed by atoms with Crippen molar-refractivity contribution < 1.29 is 9.53 Å². The molecule has 0 fully saturated rings. The molecule has 1 amide bonds. The van der Waals surface area contributed by atoms with Crippen LogP contribution in [0.3, 0.4) is 0 Å². The van der Waals surface area contributed by atoms with Crippen molar-refractivity contribution in [3.8, 4) is 5.75 Å². The van der Waals surface area contributed by atoms with E-state index in [-0.39, 0.29) is 11.3 Å². The molecule has 0 heterocycles. The van der Waals surface area contributed by atoms with Gasteiger partial charge in [-0.05, 0) is 23.6 Å². The number of carbonyl (C=O) groups is 1. The number of nitrogens with two attached hydrogens (primary N) is 1. The monoisotopic (exact) mass is 250 g/mol. The molecule has 100 valence electrons. The fourth-order valence-corrected chi connectivity index (χ4v) is 1.84. The van der Waals surface area contributed by atoms with Crippen molar-refractivity contribution in [2.75, 3.05) is 26.4 Å². The van der Waals surface area contributed by atoms with Crippen molar-refractivity contribution in [3.63, 3.8) is 0 Å². The summed E-state index contributed by atoms with van der Waals surface area (Å²) in [6.07, 6.45) is 0. The zero-order valence-electron chi connectivity index (χ0n) is 11.8. The summed E-state index contributed by atoms with van der Waals surface area (Å²) < 4.78 is 5.11. The SMILES string of the molecule is COc1ccc(N)c(C(=O)N(C)CC(C)(C)C)c1. The first-order valence-corrected chi connectivity index (χ1v) is 5.93. The van der Waals surface area contributed by atoms with Crippen LogP contribution in [0.15, 0.2) is 18.2 Å². The highest BCUT2D eigenvalue weighted by molar-refractivity contribution is 5.99. The Kier molecular flexibility index (Phi) is 4.22. The second kappa shape index (κ2) is 5.29. The third-order valence-electron chi connectivity index (χ3n) is 2.55. The molecule has 2 N–H and O–H groups in total. The predicted molar refractivity (Wildman–Crippen MR) is 73.8 cm³/mol. The number of methoxy groups -OCH3 is 1. The number of nitrogens with zero attached hydrogens (tertiary/aromatic N) is 1. The molecule has 0 spiro atoms. The van der Waals surface area contributed by atoms with Gasteiger partial charge in [-0.2, -0.15) is 0 Å². The van der Waals surface area contributed by atoms with Crippen molar-refractivity contribution in [2.45, 2.75) is 20.8 Å². The molecule has 1 rings (SSSR count). The lowest BCUT2D eigenvalue weighted by Crippen LogP contribution is -2.34. The second-order valence-electron chi connectivity index (χ2n) is 5.68. The fourth-order valence-electron chi connectivity index (χ4n) is 1.84. The first-order chi connectivity index (χ1) is 8.24. The Morgan fingerprint density at radius 1 is 1.39 bits per heavy atom. The molecule has 0 unspecified atom stereocenters. The van der Waals surface area contributed by atoms with Crippen LogP contribution in [0.1, 0.15) is 31.1 Å². The molecule has 0 bridgehead atoms. The molecule has 0 radical (unpaired) electrons. The van der Waals surface area contributed by atoms with E-state index in [1.54, 1.807) is 37.3 Å². The summed E-state index contributed by atoms with van der Waals surface area (Å²) in [5.74, 6) is 0.554. The maximum absolute atomic E-state index is 12.3. The second-order valence-corrected chi connectivity index (χ2v) is 5.68. The maximum Gasteiger partial charge on any atom is 0.255 e. The number of carbonyl (C=O) groups excluding carboxylic acids is 1. The van der Waals surface area contributed by atoms with Crippen LogP contribution in [0.25, 0.3) is 0 Å². The van der Waals surface area contributed by atoms with Gasteiger partial charge in [-0.25, -0.2) is 0 Å². The molecule has 1 aromatic carbocycles. The summed E-state index contributed by atoms with van der Waals surface area (Å²) >= 11 is 0. The molecule has 18 heavy (non-hydrogen) atoms. The van der Waals surface area contributed by atoms with Gasteiger partial charge in [-0.15, -0.1) is 0 Å². The zero-order chi connectivity index (χ0) is 13.9. The van der Waals surface area contributed by atoms with Crippen LogP contribution in [-0.4, -0.2) is 31.5 Å². The van der Waals surface area contributed by atoms with Gasteiger partial charge in [0.2, 0.25) is 0 Å². The number of ether oxygens (including phenoxy) is 1. The number of anilines is 1. The van der Waals surface area contributed by atoms with Crippen molar-refractivity contribution in [2.24, 2.45) is 5.41 Å². The molecule has 0 saturated carbocycles. The molecule has 0 aliphatic carbocycles. The summed E-state index contributed by atoms with van der Waals surface area (Å²) in [4.78, 5) is 14.0. The maximum atomic E-state index is 12.3. The number of benzene rings is 1. The van der Waals surface area contributed by atoms with Crippen LogP contribution in [0, 0.1) is 5.41 Å². The lowest BCUT2D eigenvalue weighted by molar-refractivity contribution is 0.0746. The van der Waals surface area contributed by atoms with Gasteiger partial charge in [0, 0.05) is 19.3 Å². The average Bonchev–Trinajstić information content (AvgIpc) is 2.26. The molecular formula is C14H22N2O2. The Balaban J connectivity index is 2.96. The highest BCUT2D eigenvalue weighted by atomic mass is 16.5. The van der Waals surface area contributed by atoms with Gasteiger partial charge in [0.15, 0.2) is 0 Å². The standard InChI is InChI=1S/C14H22N2O2/c1-14(2,3)9-16(4)13(17)11-8-10(18-5)6-7-12(11)15/h6-8H,9,15H2,1-5H3. The predicted octanol–water partition coefficient (Wildman–Crippen LogP) is 2.40. The van der Waals surface area contributed by atoms with Crippen LogP contribution < -0.4 is 10.5 Å². The van der Waals surface area contributed by atoms with Gasteiger partial charge >= 0.3 is 0 Å². The van der Waals surface area contributed by atoms with Crippen LogP contribution in [-0.2, 0) is 0 Å². The molecule has 0 atom stereocenters. The third kappa shape index (κ3) is 3.65. The number of hydrogen-bond acceptors (Lipinski definition) is 3. The number of amides is 1. The minimum Gasteiger partial charge on any atom is -0.497 e. The largest absolute Gasteiger partial charge is 0.497 e. The molecule has 4 nitrogen and oxygen atoms in total. The summed E-state index contributed by atoms with van der Waals surface area (Å²) in [6.45, 7) is 6.94. The molecule has 0 aliphatic heterocycles. The van der Waals surface area contributed by atoms with Gasteiger partial charge in [0.05, 0.1) is 12.7 Å². The van der Waals surface area contributed by atoms with Gasteiger partial charge in [-0.3, -0.25) is 4.79 Å². The Bertz CT molecular complexity index is 436. The lowest BCUT2D eigenvalue weighted by atomic mass is 9.96. The number of nitrogen functional groups attached to an aromatic ring is 1. The molecule has 4 heteroatoms. The van der Waals surface area contributed by atoms with Crippen LogP contribution in [0.5, 0.6) is 5.75 Å². The van der Waals surface area contributed by atoms with E-state index in [1.165, 1.54) is 0 Å². The van der Waals surface area contributed by atoms with Crippen molar-refractivity contribution >= 4 is 11.6 Å². The van der Waals surface area contributed by atoms with Gasteiger partial charge < -0.3 is 15.4 Å². The Labute approximate surface area is 109 Å². The van der Waals surface area contributed by atoms with Crippen LogP contribution in [0.4, 0.5) is 5.69 Å². The van der Waals surface area contributed by atoms with Crippen molar-refractivity contribution in [1.29, 1.82) is 0 Å². The van der Waals surface area contributed by atoms with E-state index in [4.69, 9.17) is 10.5 Å². The summed E-state index contributed by atoms with van der Waals surface area (Å²) in [6, 6.07) is 5.11. The normalized spacial score (nSPS) is 11.2. The Morgan fingerprint density at radius 3 is 2.50 bits per heavy atom. The van der Waals surface area contributed by atoms with E-state index in [0.29, 0.717) is 23.5 Å². The Hall–Kier alpha value is -1.71. The quantitative estimate of drug-likeness (QED) is 0.838. The number of hydrogen-bond donors (Lipinski definition) is 1.